The van der Waals surface area contributed by atoms with Gasteiger partial charge in [-0.1, -0.05) is 12.8 Å². The Hall–Kier alpha value is -1.69. The molecule has 1 aromatic rings. The summed E-state index contributed by atoms with van der Waals surface area (Å²) >= 11 is 0. The molecule has 84 valence electrons. The van der Waals surface area contributed by atoms with E-state index in [9.17, 15) is 0 Å². The molecule has 3 N–H and O–H groups in total. The molecule has 0 bridgehead atoms. The topological polar surface area (TPSA) is 61.8 Å². The van der Waals surface area contributed by atoms with E-state index < -0.39 is 0 Å². The third kappa shape index (κ3) is 2.66. The van der Waals surface area contributed by atoms with E-state index in [0.29, 0.717) is 17.3 Å². The summed E-state index contributed by atoms with van der Waals surface area (Å²) in [6.45, 7) is 2.18. The van der Waals surface area contributed by atoms with Crippen LogP contribution in [-0.2, 0) is 0 Å². The highest BCUT2D eigenvalue weighted by molar-refractivity contribution is 5.68. The Morgan fingerprint density at radius 1 is 1.56 bits per heavy atom. The highest BCUT2D eigenvalue weighted by Crippen LogP contribution is 2.34. The normalized spacial score (nSPS) is 16.5. The van der Waals surface area contributed by atoms with E-state index in [4.69, 9.17) is 11.0 Å². The molecule has 2 rings (SSSR count). The highest BCUT2D eigenvalue weighted by Gasteiger charge is 2.23. The maximum atomic E-state index is 8.74. The molecule has 1 fully saturated rings. The van der Waals surface area contributed by atoms with Gasteiger partial charge in [0.05, 0.1) is 23.0 Å². The molecule has 0 aliphatic heterocycles. The molecule has 16 heavy (non-hydrogen) atoms. The number of anilines is 2. The third-order valence-corrected chi connectivity index (χ3v) is 2.97. The zero-order chi connectivity index (χ0) is 11.5. The number of hydrogen-bond acceptors (Lipinski definition) is 3. The van der Waals surface area contributed by atoms with E-state index in [1.54, 1.807) is 12.1 Å². The SMILES string of the molecule is CC(CC1CC1)Nc1ccc(C#N)cc1N. The molecular weight excluding hydrogens is 198 g/mol. The summed E-state index contributed by atoms with van der Waals surface area (Å²) in [6.07, 6.45) is 3.95. The quantitative estimate of drug-likeness (QED) is 0.759. The summed E-state index contributed by atoms with van der Waals surface area (Å²) in [5, 5.41) is 12.1. The van der Waals surface area contributed by atoms with E-state index >= 15 is 0 Å². The number of hydrogen-bond donors (Lipinski definition) is 2. The fourth-order valence-corrected chi connectivity index (χ4v) is 1.94. The largest absolute Gasteiger partial charge is 0.397 e. The summed E-state index contributed by atoms with van der Waals surface area (Å²) in [4.78, 5) is 0. The Bertz CT molecular complexity index is 416. The molecule has 1 aliphatic carbocycles. The molecular formula is C13H17N3. The predicted octanol–water partition coefficient (Wildman–Crippen LogP) is 2.74. The van der Waals surface area contributed by atoms with Gasteiger partial charge in [0.15, 0.2) is 0 Å². The number of nitriles is 1. The highest BCUT2D eigenvalue weighted by atomic mass is 14.9. The molecule has 0 spiro atoms. The van der Waals surface area contributed by atoms with Gasteiger partial charge in [-0.15, -0.1) is 0 Å². The fraction of sp³-hybridized carbons (Fsp3) is 0.462. The van der Waals surface area contributed by atoms with Crippen molar-refractivity contribution in [3.05, 3.63) is 23.8 Å². The molecule has 0 saturated heterocycles. The molecule has 1 unspecified atom stereocenters. The van der Waals surface area contributed by atoms with E-state index in [-0.39, 0.29) is 0 Å². The first kappa shape index (κ1) is 10.8. The molecule has 1 aliphatic rings. The van der Waals surface area contributed by atoms with Gasteiger partial charge in [0, 0.05) is 6.04 Å². The van der Waals surface area contributed by atoms with Crippen molar-refractivity contribution in [3.8, 4) is 6.07 Å². The van der Waals surface area contributed by atoms with Gasteiger partial charge >= 0.3 is 0 Å². The zero-order valence-electron chi connectivity index (χ0n) is 9.53. The molecule has 3 nitrogen and oxygen atoms in total. The standard InChI is InChI=1S/C13H17N3/c1-9(6-10-2-3-10)16-13-5-4-11(8-14)7-12(13)15/h4-5,7,9-10,16H,2-3,6,15H2,1H3. The first-order valence-corrected chi connectivity index (χ1v) is 5.75. The first-order chi connectivity index (χ1) is 7.69. The van der Waals surface area contributed by atoms with Gasteiger partial charge in [-0.25, -0.2) is 0 Å². The van der Waals surface area contributed by atoms with Crippen LogP contribution in [0.1, 0.15) is 31.7 Å². The van der Waals surface area contributed by atoms with Crippen molar-refractivity contribution in [2.45, 2.75) is 32.2 Å². The lowest BCUT2D eigenvalue weighted by atomic mass is 10.1. The van der Waals surface area contributed by atoms with Gasteiger partial charge in [-0.3, -0.25) is 0 Å². The number of nitrogens with zero attached hydrogens (tertiary/aromatic N) is 1. The predicted molar refractivity (Wildman–Crippen MR) is 66.0 cm³/mol. The zero-order valence-corrected chi connectivity index (χ0v) is 9.53. The van der Waals surface area contributed by atoms with Crippen LogP contribution in [0.3, 0.4) is 0 Å². The lowest BCUT2D eigenvalue weighted by molar-refractivity contribution is 0.642. The van der Waals surface area contributed by atoms with Crippen LogP contribution in [0.25, 0.3) is 0 Å². The van der Waals surface area contributed by atoms with E-state index in [0.717, 1.165) is 11.6 Å². The molecule has 3 heteroatoms. The number of nitrogen functional groups attached to an aromatic ring is 1. The van der Waals surface area contributed by atoms with Crippen LogP contribution >= 0.6 is 0 Å². The number of rotatable bonds is 4. The summed E-state index contributed by atoms with van der Waals surface area (Å²) in [7, 11) is 0. The average Bonchev–Trinajstić information content (AvgIpc) is 3.05. The lowest BCUT2D eigenvalue weighted by Gasteiger charge is -2.16. The Kier molecular flexibility index (Phi) is 3.00. The van der Waals surface area contributed by atoms with Gasteiger partial charge in [0.2, 0.25) is 0 Å². The number of benzene rings is 1. The van der Waals surface area contributed by atoms with Gasteiger partial charge in [-0.05, 0) is 37.5 Å². The van der Waals surface area contributed by atoms with Crippen molar-refractivity contribution in [3.63, 3.8) is 0 Å². The molecule has 0 amide bonds. The van der Waals surface area contributed by atoms with Crippen LogP contribution in [-0.4, -0.2) is 6.04 Å². The summed E-state index contributed by atoms with van der Waals surface area (Å²) in [6, 6.07) is 7.92. The summed E-state index contributed by atoms with van der Waals surface area (Å²) in [5.74, 6) is 0.905. The van der Waals surface area contributed by atoms with Crippen molar-refractivity contribution in [2.24, 2.45) is 5.92 Å². The Morgan fingerprint density at radius 2 is 2.31 bits per heavy atom. The van der Waals surface area contributed by atoms with Crippen molar-refractivity contribution >= 4 is 11.4 Å². The second-order valence-corrected chi connectivity index (χ2v) is 4.64. The van der Waals surface area contributed by atoms with Crippen LogP contribution < -0.4 is 11.1 Å². The maximum Gasteiger partial charge on any atom is 0.0992 e. The smallest absolute Gasteiger partial charge is 0.0992 e. The minimum atomic E-state index is 0.447. The monoisotopic (exact) mass is 215 g/mol. The van der Waals surface area contributed by atoms with Crippen LogP contribution in [0.15, 0.2) is 18.2 Å². The average molecular weight is 215 g/mol. The van der Waals surface area contributed by atoms with Crippen LogP contribution in [0, 0.1) is 17.2 Å². The Balaban J connectivity index is 2.00. The van der Waals surface area contributed by atoms with Gasteiger partial charge in [0.25, 0.3) is 0 Å². The van der Waals surface area contributed by atoms with Crippen LogP contribution in [0.5, 0.6) is 0 Å². The minimum absolute atomic E-state index is 0.447. The summed E-state index contributed by atoms with van der Waals surface area (Å²) in [5.41, 5.74) is 8.08. The third-order valence-electron chi connectivity index (χ3n) is 2.97. The Labute approximate surface area is 96.3 Å². The van der Waals surface area contributed by atoms with Gasteiger partial charge < -0.3 is 11.1 Å². The summed E-state index contributed by atoms with van der Waals surface area (Å²) < 4.78 is 0. The number of nitrogens with two attached hydrogens (primary N) is 1. The number of nitrogens with one attached hydrogen (secondary N) is 1. The van der Waals surface area contributed by atoms with Crippen molar-refractivity contribution in [1.82, 2.24) is 0 Å². The first-order valence-electron chi connectivity index (χ1n) is 5.75. The van der Waals surface area contributed by atoms with E-state index in [1.165, 1.54) is 19.3 Å². The second-order valence-electron chi connectivity index (χ2n) is 4.64. The molecule has 1 saturated carbocycles. The molecule has 1 aromatic carbocycles. The van der Waals surface area contributed by atoms with Crippen molar-refractivity contribution < 1.29 is 0 Å². The fourth-order valence-electron chi connectivity index (χ4n) is 1.94. The van der Waals surface area contributed by atoms with Crippen molar-refractivity contribution in [2.75, 3.05) is 11.1 Å². The van der Waals surface area contributed by atoms with Crippen LogP contribution in [0.2, 0.25) is 0 Å². The molecule has 0 aromatic heterocycles. The molecule has 1 atom stereocenters. The van der Waals surface area contributed by atoms with Gasteiger partial charge in [-0.2, -0.15) is 5.26 Å². The van der Waals surface area contributed by atoms with Gasteiger partial charge in [0.1, 0.15) is 0 Å². The van der Waals surface area contributed by atoms with Crippen LogP contribution in [0.4, 0.5) is 11.4 Å². The van der Waals surface area contributed by atoms with Crippen molar-refractivity contribution in [1.29, 1.82) is 5.26 Å². The van der Waals surface area contributed by atoms with E-state index in [2.05, 4.69) is 18.3 Å². The van der Waals surface area contributed by atoms with E-state index in [1.807, 2.05) is 6.07 Å². The molecule has 0 heterocycles. The maximum absolute atomic E-state index is 8.74. The second kappa shape index (κ2) is 4.44. The minimum Gasteiger partial charge on any atom is -0.397 e. The lowest BCUT2D eigenvalue weighted by Crippen LogP contribution is -2.16. The molecule has 0 radical (unpaired) electrons. The Morgan fingerprint density at radius 3 is 2.88 bits per heavy atom.